The maximum Gasteiger partial charge on any atom is 0.217 e. The Bertz CT molecular complexity index is 336. The first-order chi connectivity index (χ1) is 7.81. The maximum absolute atomic E-state index is 5.23. The molecule has 1 aliphatic carbocycles. The zero-order chi connectivity index (χ0) is 11.4. The molecule has 0 saturated heterocycles. The molecule has 1 atom stereocenters. The van der Waals surface area contributed by atoms with Crippen LogP contribution in [0.4, 0.5) is 0 Å². The summed E-state index contributed by atoms with van der Waals surface area (Å²) in [7, 11) is 1.67. The molecule has 1 saturated carbocycles. The molecular weight excluding hydrogens is 200 g/mol. The summed E-state index contributed by atoms with van der Waals surface area (Å²) in [4.78, 5) is 4.19. The molecule has 0 aromatic carbocycles. The van der Waals surface area contributed by atoms with Crippen LogP contribution < -0.4 is 10.1 Å². The summed E-state index contributed by atoms with van der Waals surface area (Å²) in [5.74, 6) is 1.60. The Kier molecular flexibility index (Phi) is 3.78. The molecule has 0 amide bonds. The van der Waals surface area contributed by atoms with Gasteiger partial charge >= 0.3 is 0 Å². The average Bonchev–Trinajstić information content (AvgIpc) is 2.24. The minimum atomic E-state index is 0.596. The maximum atomic E-state index is 5.23. The number of nitrogens with zero attached hydrogens (tertiary/aromatic N) is 1. The van der Waals surface area contributed by atoms with E-state index in [9.17, 15) is 0 Å². The third kappa shape index (κ3) is 2.53. The Morgan fingerprint density at radius 3 is 3.00 bits per heavy atom. The van der Waals surface area contributed by atoms with E-state index in [2.05, 4.69) is 23.3 Å². The molecule has 1 aromatic rings. The van der Waals surface area contributed by atoms with Gasteiger partial charge in [-0.25, -0.2) is 4.98 Å². The van der Waals surface area contributed by atoms with Crippen molar-refractivity contribution in [1.82, 2.24) is 10.3 Å². The quantitative estimate of drug-likeness (QED) is 0.827. The highest BCUT2D eigenvalue weighted by Gasteiger charge is 2.23. The molecule has 0 radical (unpaired) electrons. The second-order valence-electron chi connectivity index (χ2n) is 4.53. The van der Waals surface area contributed by atoms with Crippen LogP contribution in [0, 0.1) is 5.92 Å². The summed E-state index contributed by atoms with van der Waals surface area (Å²) in [6.45, 7) is 3.11. The molecule has 0 aliphatic heterocycles. The molecule has 3 nitrogen and oxygen atoms in total. The lowest BCUT2D eigenvalue weighted by Gasteiger charge is -2.32. The number of hydrogen-bond donors (Lipinski definition) is 1. The first-order valence-electron chi connectivity index (χ1n) is 6.02. The molecule has 1 unspecified atom stereocenters. The standard InChI is InChI=1S/C13H20N2O/c1-10(11-5-3-6-11)15-9-12-7-4-8-14-13(12)16-2/h4,7-8,10-11,15H,3,5-6,9H2,1-2H3. The minimum absolute atomic E-state index is 0.596. The summed E-state index contributed by atoms with van der Waals surface area (Å²) in [5.41, 5.74) is 1.14. The molecule has 1 aliphatic rings. The van der Waals surface area contributed by atoms with Crippen LogP contribution in [-0.2, 0) is 6.54 Å². The number of hydrogen-bond acceptors (Lipinski definition) is 3. The highest BCUT2D eigenvalue weighted by molar-refractivity contribution is 5.25. The van der Waals surface area contributed by atoms with Gasteiger partial charge in [0.05, 0.1) is 7.11 Å². The van der Waals surface area contributed by atoms with Gasteiger partial charge in [0.15, 0.2) is 0 Å². The molecule has 0 spiro atoms. The van der Waals surface area contributed by atoms with Crippen molar-refractivity contribution in [3.05, 3.63) is 23.9 Å². The van der Waals surface area contributed by atoms with E-state index in [1.165, 1.54) is 19.3 Å². The normalized spacial score (nSPS) is 17.9. The molecule has 1 heterocycles. The zero-order valence-corrected chi connectivity index (χ0v) is 10.1. The Balaban J connectivity index is 1.88. The monoisotopic (exact) mass is 220 g/mol. The van der Waals surface area contributed by atoms with E-state index in [4.69, 9.17) is 4.74 Å². The van der Waals surface area contributed by atoms with Crippen LogP contribution in [0.15, 0.2) is 18.3 Å². The van der Waals surface area contributed by atoms with Crippen LogP contribution in [0.1, 0.15) is 31.7 Å². The van der Waals surface area contributed by atoms with Gasteiger partial charge in [0.25, 0.3) is 0 Å². The highest BCUT2D eigenvalue weighted by atomic mass is 16.5. The molecule has 88 valence electrons. The van der Waals surface area contributed by atoms with Crippen molar-refractivity contribution in [2.75, 3.05) is 7.11 Å². The van der Waals surface area contributed by atoms with Gasteiger partial charge in [-0.3, -0.25) is 0 Å². The van der Waals surface area contributed by atoms with Gasteiger partial charge in [0, 0.05) is 24.3 Å². The Labute approximate surface area is 97.2 Å². The lowest BCUT2D eigenvalue weighted by molar-refractivity contribution is 0.239. The summed E-state index contributed by atoms with van der Waals surface area (Å²) < 4.78 is 5.23. The van der Waals surface area contributed by atoms with E-state index < -0.39 is 0 Å². The number of rotatable bonds is 5. The van der Waals surface area contributed by atoms with Crippen molar-refractivity contribution in [2.45, 2.75) is 38.8 Å². The van der Waals surface area contributed by atoms with Crippen molar-refractivity contribution in [2.24, 2.45) is 5.92 Å². The topological polar surface area (TPSA) is 34.1 Å². The zero-order valence-electron chi connectivity index (χ0n) is 10.1. The van der Waals surface area contributed by atoms with Gasteiger partial charge in [-0.15, -0.1) is 0 Å². The molecular formula is C13H20N2O. The fourth-order valence-corrected chi connectivity index (χ4v) is 2.12. The first-order valence-corrected chi connectivity index (χ1v) is 6.02. The predicted octanol–water partition coefficient (Wildman–Crippen LogP) is 2.37. The number of methoxy groups -OCH3 is 1. The van der Waals surface area contributed by atoms with Gasteiger partial charge in [0.2, 0.25) is 5.88 Å². The lowest BCUT2D eigenvalue weighted by atomic mass is 9.80. The third-order valence-corrected chi connectivity index (χ3v) is 3.51. The van der Waals surface area contributed by atoms with E-state index in [1.807, 2.05) is 6.07 Å². The molecule has 1 N–H and O–H groups in total. The number of pyridine rings is 1. The van der Waals surface area contributed by atoms with Gasteiger partial charge < -0.3 is 10.1 Å². The lowest BCUT2D eigenvalue weighted by Crippen LogP contribution is -2.36. The van der Waals surface area contributed by atoms with Crippen LogP contribution in [0.25, 0.3) is 0 Å². The van der Waals surface area contributed by atoms with Crippen LogP contribution in [0.3, 0.4) is 0 Å². The Hall–Kier alpha value is -1.09. The molecule has 2 rings (SSSR count). The van der Waals surface area contributed by atoms with Crippen LogP contribution in [-0.4, -0.2) is 18.1 Å². The van der Waals surface area contributed by atoms with Gasteiger partial charge in [0.1, 0.15) is 0 Å². The molecule has 3 heteroatoms. The Morgan fingerprint density at radius 1 is 1.56 bits per heavy atom. The summed E-state index contributed by atoms with van der Waals surface area (Å²) in [6.07, 6.45) is 5.90. The summed E-state index contributed by atoms with van der Waals surface area (Å²) >= 11 is 0. The fraction of sp³-hybridized carbons (Fsp3) is 0.615. The summed E-state index contributed by atoms with van der Waals surface area (Å²) in [5, 5.41) is 3.56. The van der Waals surface area contributed by atoms with Crippen molar-refractivity contribution in [1.29, 1.82) is 0 Å². The largest absolute Gasteiger partial charge is 0.481 e. The third-order valence-electron chi connectivity index (χ3n) is 3.51. The molecule has 0 bridgehead atoms. The fourth-order valence-electron chi connectivity index (χ4n) is 2.12. The van der Waals surface area contributed by atoms with Crippen molar-refractivity contribution < 1.29 is 4.74 Å². The number of ether oxygens (including phenoxy) is 1. The molecule has 1 aromatic heterocycles. The second kappa shape index (κ2) is 5.30. The smallest absolute Gasteiger partial charge is 0.217 e. The second-order valence-corrected chi connectivity index (χ2v) is 4.53. The molecule has 1 fully saturated rings. The van der Waals surface area contributed by atoms with E-state index in [-0.39, 0.29) is 0 Å². The minimum Gasteiger partial charge on any atom is -0.481 e. The Morgan fingerprint density at radius 2 is 2.38 bits per heavy atom. The number of aromatic nitrogens is 1. The molecule has 16 heavy (non-hydrogen) atoms. The number of nitrogens with one attached hydrogen (secondary N) is 1. The van der Waals surface area contributed by atoms with Gasteiger partial charge in [-0.2, -0.15) is 0 Å². The average molecular weight is 220 g/mol. The summed E-state index contributed by atoms with van der Waals surface area (Å²) in [6, 6.07) is 4.61. The van der Waals surface area contributed by atoms with Crippen LogP contribution in [0.2, 0.25) is 0 Å². The highest BCUT2D eigenvalue weighted by Crippen LogP contribution is 2.29. The van der Waals surface area contributed by atoms with Crippen molar-refractivity contribution in [3.8, 4) is 5.88 Å². The SMILES string of the molecule is COc1ncccc1CNC(C)C1CCC1. The van der Waals surface area contributed by atoms with Crippen molar-refractivity contribution >= 4 is 0 Å². The van der Waals surface area contributed by atoms with Gasteiger partial charge in [-0.1, -0.05) is 12.5 Å². The predicted molar refractivity (Wildman–Crippen MR) is 64.4 cm³/mol. The van der Waals surface area contributed by atoms with E-state index in [0.717, 1.165) is 23.9 Å². The van der Waals surface area contributed by atoms with Crippen molar-refractivity contribution in [3.63, 3.8) is 0 Å². The van der Waals surface area contributed by atoms with E-state index in [0.29, 0.717) is 6.04 Å². The van der Waals surface area contributed by atoms with Crippen LogP contribution in [0.5, 0.6) is 5.88 Å². The van der Waals surface area contributed by atoms with Gasteiger partial charge in [-0.05, 0) is 31.7 Å². The van der Waals surface area contributed by atoms with E-state index in [1.54, 1.807) is 13.3 Å². The van der Waals surface area contributed by atoms with Crippen LogP contribution >= 0.6 is 0 Å². The first kappa shape index (κ1) is 11.4. The van der Waals surface area contributed by atoms with E-state index >= 15 is 0 Å².